The van der Waals surface area contributed by atoms with Crippen molar-refractivity contribution < 1.29 is 84.0 Å². The van der Waals surface area contributed by atoms with Crippen LogP contribution >= 0.6 is 0 Å². The molecule has 18 nitrogen and oxygen atoms in total. The Morgan fingerprint density at radius 1 is 0.809 bits per heavy atom. The lowest BCUT2D eigenvalue weighted by Crippen LogP contribution is -2.62. The van der Waals surface area contributed by atoms with Crippen molar-refractivity contribution >= 4 is 16.9 Å². The SMILES string of the molecule is CC(=O)OC1C(OCC2OC(Oc3c(-c4ccc(O)c(O)c4)oc4cc(O)cc(O)c4c3=O)C(O)C(O)C2O)OC(CO)C(O)C1O. The molecule has 2 aliphatic rings. The molecule has 2 saturated heterocycles. The predicted octanol–water partition coefficient (Wildman–Crippen LogP) is -2.14. The van der Waals surface area contributed by atoms with Gasteiger partial charge in [-0.05, 0) is 18.2 Å². The second-order valence-corrected chi connectivity index (χ2v) is 10.9. The van der Waals surface area contributed by atoms with E-state index < -0.39 is 126 Å². The number of carbonyl (C=O) groups excluding carboxylic acids is 1. The van der Waals surface area contributed by atoms with E-state index in [1.165, 1.54) is 6.07 Å². The maximum atomic E-state index is 13.7. The lowest BCUT2D eigenvalue weighted by Gasteiger charge is -2.43. The van der Waals surface area contributed by atoms with E-state index in [9.17, 15) is 60.7 Å². The number of carbonyl (C=O) groups is 1. The van der Waals surface area contributed by atoms with E-state index in [1.807, 2.05) is 0 Å². The summed E-state index contributed by atoms with van der Waals surface area (Å²) in [6.45, 7) is -0.459. The van der Waals surface area contributed by atoms with Crippen LogP contribution in [0.4, 0.5) is 0 Å². The number of hydrogen-bond donors (Lipinski definition) is 10. The van der Waals surface area contributed by atoms with Gasteiger partial charge in [-0.2, -0.15) is 0 Å². The standard InChI is InChI=1S/C29H32O18/c1-9(31)43-27-23(40)19(36)16(7-30)45-29(27)42-8-17-20(37)22(39)24(41)28(46-17)47-26-21(38)18-14(35)5-11(32)6-15(18)44-25(26)10-2-3-12(33)13(34)4-10/h2-6,16-17,19-20,22-24,27-30,32-37,39-41H,7-8H2,1H3. The van der Waals surface area contributed by atoms with Crippen LogP contribution in [0.2, 0.25) is 0 Å². The van der Waals surface area contributed by atoms with Crippen molar-refractivity contribution in [2.45, 2.75) is 68.3 Å². The van der Waals surface area contributed by atoms with Crippen LogP contribution in [0.1, 0.15) is 6.92 Å². The molecular weight excluding hydrogens is 636 g/mol. The summed E-state index contributed by atoms with van der Waals surface area (Å²) in [6, 6.07) is 5.14. The van der Waals surface area contributed by atoms with Crippen molar-refractivity contribution in [3.05, 3.63) is 40.6 Å². The summed E-state index contributed by atoms with van der Waals surface area (Å²) in [5.74, 6) is -4.38. The van der Waals surface area contributed by atoms with Gasteiger partial charge in [0.05, 0.1) is 13.2 Å². The summed E-state index contributed by atoms with van der Waals surface area (Å²) in [7, 11) is 0. The predicted molar refractivity (Wildman–Crippen MR) is 151 cm³/mol. The molecule has 3 heterocycles. The summed E-state index contributed by atoms with van der Waals surface area (Å²) in [5.41, 5.74) is -1.44. The molecule has 2 fully saturated rings. The average Bonchev–Trinajstić information content (AvgIpc) is 3.01. The van der Waals surface area contributed by atoms with Crippen LogP contribution in [0, 0.1) is 0 Å². The number of aromatic hydroxyl groups is 4. The number of benzene rings is 2. The van der Waals surface area contributed by atoms with Crippen LogP contribution in [-0.4, -0.2) is 132 Å². The number of phenolic OH excluding ortho intramolecular Hbond substituents is 4. The zero-order chi connectivity index (χ0) is 34.3. The van der Waals surface area contributed by atoms with E-state index >= 15 is 0 Å². The molecule has 10 atom stereocenters. The van der Waals surface area contributed by atoms with Crippen LogP contribution in [0.5, 0.6) is 28.7 Å². The van der Waals surface area contributed by atoms with Gasteiger partial charge < -0.3 is 79.2 Å². The van der Waals surface area contributed by atoms with Gasteiger partial charge in [-0.15, -0.1) is 0 Å². The first-order valence-corrected chi connectivity index (χ1v) is 14.0. The Kier molecular flexibility index (Phi) is 9.78. The minimum Gasteiger partial charge on any atom is -0.508 e. The third-order valence-corrected chi connectivity index (χ3v) is 7.61. The van der Waals surface area contributed by atoms with Crippen LogP contribution < -0.4 is 10.2 Å². The van der Waals surface area contributed by atoms with Gasteiger partial charge in [0.25, 0.3) is 0 Å². The Balaban J connectivity index is 1.47. The molecule has 0 amide bonds. The molecule has 1 aromatic heterocycles. The molecule has 18 heteroatoms. The molecule has 0 aliphatic carbocycles. The molecule has 10 N–H and O–H groups in total. The molecule has 10 unspecified atom stereocenters. The number of ether oxygens (including phenoxy) is 5. The molecule has 0 bridgehead atoms. The van der Waals surface area contributed by atoms with Gasteiger partial charge in [0.2, 0.25) is 17.5 Å². The van der Waals surface area contributed by atoms with Crippen LogP contribution in [0.25, 0.3) is 22.3 Å². The Morgan fingerprint density at radius 3 is 2.15 bits per heavy atom. The van der Waals surface area contributed by atoms with E-state index in [4.69, 9.17) is 28.1 Å². The Hall–Kier alpha value is -4.24. The number of fused-ring (bicyclic) bond motifs is 1. The zero-order valence-corrected chi connectivity index (χ0v) is 24.3. The first-order chi connectivity index (χ1) is 22.2. The summed E-state index contributed by atoms with van der Waals surface area (Å²) in [4.78, 5) is 25.3. The summed E-state index contributed by atoms with van der Waals surface area (Å²) in [6.07, 6.45) is -17.4. The van der Waals surface area contributed by atoms with E-state index in [0.717, 1.165) is 31.2 Å². The number of phenols is 4. The second-order valence-electron chi connectivity index (χ2n) is 10.9. The van der Waals surface area contributed by atoms with Gasteiger partial charge in [-0.3, -0.25) is 9.59 Å². The monoisotopic (exact) mass is 668 g/mol. The third kappa shape index (κ3) is 6.63. The topological polar surface area (TPSA) is 296 Å². The fourth-order valence-corrected chi connectivity index (χ4v) is 5.19. The van der Waals surface area contributed by atoms with Gasteiger partial charge in [-0.25, -0.2) is 0 Å². The van der Waals surface area contributed by atoms with E-state index in [1.54, 1.807) is 0 Å². The van der Waals surface area contributed by atoms with E-state index in [-0.39, 0.29) is 11.1 Å². The molecule has 47 heavy (non-hydrogen) atoms. The Morgan fingerprint density at radius 2 is 1.49 bits per heavy atom. The molecule has 0 saturated carbocycles. The smallest absolute Gasteiger partial charge is 0.303 e. The molecule has 0 radical (unpaired) electrons. The molecule has 2 aromatic carbocycles. The first-order valence-electron chi connectivity index (χ1n) is 14.0. The highest BCUT2D eigenvalue weighted by molar-refractivity contribution is 5.88. The fraction of sp³-hybridized carbons (Fsp3) is 0.448. The normalized spacial score (nSPS) is 31.0. The minimum atomic E-state index is -2.03. The van der Waals surface area contributed by atoms with E-state index in [2.05, 4.69) is 0 Å². The van der Waals surface area contributed by atoms with Gasteiger partial charge >= 0.3 is 5.97 Å². The highest BCUT2D eigenvalue weighted by Gasteiger charge is 2.49. The maximum Gasteiger partial charge on any atom is 0.303 e. The Labute approximate surface area is 263 Å². The fourth-order valence-electron chi connectivity index (χ4n) is 5.19. The molecule has 5 rings (SSSR count). The average molecular weight is 669 g/mol. The molecule has 0 spiro atoms. The number of rotatable bonds is 8. The van der Waals surface area contributed by atoms with Crippen molar-refractivity contribution in [2.75, 3.05) is 13.2 Å². The lowest BCUT2D eigenvalue weighted by atomic mass is 9.98. The van der Waals surface area contributed by atoms with Crippen molar-refractivity contribution in [3.8, 4) is 40.1 Å². The minimum absolute atomic E-state index is 0.0620. The zero-order valence-electron chi connectivity index (χ0n) is 24.3. The number of esters is 1. The van der Waals surface area contributed by atoms with E-state index in [0.29, 0.717) is 0 Å². The number of aliphatic hydroxyl groups is 6. The van der Waals surface area contributed by atoms with Crippen molar-refractivity contribution in [2.24, 2.45) is 0 Å². The van der Waals surface area contributed by atoms with Gasteiger partial charge in [0, 0.05) is 24.6 Å². The lowest BCUT2D eigenvalue weighted by molar-refractivity contribution is -0.324. The Bertz CT molecular complexity index is 1670. The van der Waals surface area contributed by atoms with Crippen LogP contribution in [-0.2, 0) is 23.7 Å². The van der Waals surface area contributed by atoms with Crippen molar-refractivity contribution in [1.82, 2.24) is 0 Å². The van der Waals surface area contributed by atoms with Crippen LogP contribution in [0.3, 0.4) is 0 Å². The molecule has 2 aliphatic heterocycles. The van der Waals surface area contributed by atoms with Gasteiger partial charge in [-0.1, -0.05) is 0 Å². The van der Waals surface area contributed by atoms with Crippen molar-refractivity contribution in [3.63, 3.8) is 0 Å². The summed E-state index contributed by atoms with van der Waals surface area (Å²) < 4.78 is 33.1. The van der Waals surface area contributed by atoms with Crippen LogP contribution in [0.15, 0.2) is 39.5 Å². The second kappa shape index (κ2) is 13.5. The highest BCUT2D eigenvalue weighted by atomic mass is 16.7. The molecular formula is C29H32O18. The highest BCUT2D eigenvalue weighted by Crippen LogP contribution is 2.39. The van der Waals surface area contributed by atoms with Gasteiger partial charge in [0.1, 0.15) is 65.2 Å². The maximum absolute atomic E-state index is 13.7. The largest absolute Gasteiger partial charge is 0.508 e. The number of aliphatic hydroxyl groups excluding tert-OH is 6. The summed E-state index contributed by atoms with van der Waals surface area (Å²) in [5, 5.41) is 102. The summed E-state index contributed by atoms with van der Waals surface area (Å²) >= 11 is 0. The number of hydrogen-bond acceptors (Lipinski definition) is 18. The molecule has 256 valence electrons. The van der Waals surface area contributed by atoms with Gasteiger partial charge in [0.15, 0.2) is 29.7 Å². The first kappa shape index (κ1) is 34.1. The quantitative estimate of drug-likeness (QED) is 0.0904. The molecule has 3 aromatic rings. The third-order valence-electron chi connectivity index (χ3n) is 7.61. The van der Waals surface area contributed by atoms with Crippen molar-refractivity contribution in [1.29, 1.82) is 0 Å².